The number of nitrogens with zero attached hydrogens (tertiary/aromatic N) is 1. The first-order valence-electron chi connectivity index (χ1n) is 9.22. The fourth-order valence-electron chi connectivity index (χ4n) is 3.31. The van der Waals surface area contributed by atoms with E-state index in [0.717, 1.165) is 18.9 Å². The van der Waals surface area contributed by atoms with Crippen molar-refractivity contribution in [3.05, 3.63) is 42.2 Å². The molecule has 0 amide bonds. The van der Waals surface area contributed by atoms with Gasteiger partial charge in [-0.05, 0) is 36.3 Å². The molecule has 1 heterocycles. The highest BCUT2D eigenvalue weighted by Crippen LogP contribution is 2.21. The van der Waals surface area contributed by atoms with Crippen molar-refractivity contribution in [2.24, 2.45) is 0 Å². The standard InChI is InChI=1S/C20H31NO3Si/c1-22-25(23-2,24-3)16-9-7-5-4-6-8-11-18-12-10-13-19-14-15-21-17-20(18)19/h10,12-15,17H,4-9,11,16H2,1-3H3. The third-order valence-corrected chi connectivity index (χ3v) is 7.72. The number of benzene rings is 1. The number of unbranched alkanes of at least 4 members (excludes halogenated alkanes) is 5. The Morgan fingerprint density at radius 3 is 2.24 bits per heavy atom. The van der Waals surface area contributed by atoms with Crippen molar-refractivity contribution in [2.45, 2.75) is 51.0 Å². The SMILES string of the molecule is CO[Si](CCCCCCCCc1cccc2ccncc12)(OC)OC. The molecule has 0 saturated carbocycles. The minimum absolute atomic E-state index is 0.902. The van der Waals surface area contributed by atoms with Gasteiger partial charge in [-0.3, -0.25) is 4.98 Å². The zero-order valence-corrected chi connectivity index (χ0v) is 16.8. The van der Waals surface area contributed by atoms with Crippen LogP contribution in [0.5, 0.6) is 0 Å². The van der Waals surface area contributed by atoms with Crippen LogP contribution in [0.2, 0.25) is 6.04 Å². The Bertz CT molecular complexity index is 618. The third-order valence-electron chi connectivity index (χ3n) is 4.89. The van der Waals surface area contributed by atoms with Crippen LogP contribution in [0.1, 0.15) is 44.1 Å². The first-order valence-corrected chi connectivity index (χ1v) is 11.1. The van der Waals surface area contributed by atoms with E-state index in [1.165, 1.54) is 48.4 Å². The van der Waals surface area contributed by atoms with E-state index in [9.17, 15) is 0 Å². The molecule has 0 aliphatic heterocycles. The van der Waals surface area contributed by atoms with Gasteiger partial charge in [-0.25, -0.2) is 0 Å². The zero-order chi connectivity index (χ0) is 18.0. The predicted molar refractivity (Wildman–Crippen MR) is 105 cm³/mol. The quantitative estimate of drug-likeness (QED) is 0.394. The molecule has 0 fully saturated rings. The van der Waals surface area contributed by atoms with Crippen LogP contribution in [-0.2, 0) is 19.7 Å². The Hall–Kier alpha value is -1.27. The van der Waals surface area contributed by atoms with E-state index in [0.29, 0.717) is 0 Å². The molecule has 0 atom stereocenters. The summed E-state index contributed by atoms with van der Waals surface area (Å²) in [6.45, 7) is 0. The van der Waals surface area contributed by atoms with Crippen molar-refractivity contribution in [1.29, 1.82) is 0 Å². The van der Waals surface area contributed by atoms with Crippen LogP contribution in [0.4, 0.5) is 0 Å². The lowest BCUT2D eigenvalue weighted by atomic mass is 10.0. The molecule has 138 valence electrons. The molecular formula is C20H31NO3Si. The largest absolute Gasteiger partial charge is 0.500 e. The summed E-state index contributed by atoms with van der Waals surface area (Å²) in [5.41, 5.74) is 1.42. The number of hydrogen-bond donors (Lipinski definition) is 0. The van der Waals surface area contributed by atoms with Crippen molar-refractivity contribution in [3.63, 3.8) is 0 Å². The summed E-state index contributed by atoms with van der Waals surface area (Å²) in [6, 6.07) is 9.52. The molecule has 0 N–H and O–H groups in total. The summed E-state index contributed by atoms with van der Waals surface area (Å²) < 4.78 is 16.4. The van der Waals surface area contributed by atoms with Crippen molar-refractivity contribution in [3.8, 4) is 0 Å². The maximum absolute atomic E-state index is 5.45. The highest BCUT2D eigenvalue weighted by Gasteiger charge is 2.36. The van der Waals surface area contributed by atoms with E-state index in [4.69, 9.17) is 13.3 Å². The van der Waals surface area contributed by atoms with Gasteiger partial charge in [0.15, 0.2) is 0 Å². The summed E-state index contributed by atoms with van der Waals surface area (Å²) >= 11 is 0. The number of rotatable bonds is 12. The van der Waals surface area contributed by atoms with Crippen molar-refractivity contribution in [1.82, 2.24) is 4.98 Å². The van der Waals surface area contributed by atoms with E-state index < -0.39 is 8.80 Å². The van der Waals surface area contributed by atoms with Gasteiger partial charge in [0, 0.05) is 45.2 Å². The van der Waals surface area contributed by atoms with Gasteiger partial charge in [-0.2, -0.15) is 0 Å². The summed E-state index contributed by atoms with van der Waals surface area (Å²) in [5, 5.41) is 2.58. The van der Waals surface area contributed by atoms with Crippen LogP contribution in [0.15, 0.2) is 36.7 Å². The number of hydrogen-bond acceptors (Lipinski definition) is 4. The smallest absolute Gasteiger partial charge is 0.377 e. The normalized spacial score (nSPS) is 12.0. The minimum Gasteiger partial charge on any atom is -0.377 e. The van der Waals surface area contributed by atoms with Crippen molar-refractivity contribution in [2.75, 3.05) is 21.3 Å². The molecule has 25 heavy (non-hydrogen) atoms. The number of fused-ring (bicyclic) bond motifs is 1. The van der Waals surface area contributed by atoms with Crippen LogP contribution in [0.3, 0.4) is 0 Å². The average Bonchev–Trinajstić information content (AvgIpc) is 2.67. The molecule has 0 bridgehead atoms. The fraction of sp³-hybridized carbons (Fsp3) is 0.550. The van der Waals surface area contributed by atoms with Gasteiger partial charge < -0.3 is 13.3 Å². The second-order valence-corrected chi connectivity index (χ2v) is 9.52. The molecule has 0 aliphatic carbocycles. The van der Waals surface area contributed by atoms with E-state index in [-0.39, 0.29) is 0 Å². The highest BCUT2D eigenvalue weighted by atomic mass is 28.4. The molecule has 0 radical (unpaired) electrons. The van der Waals surface area contributed by atoms with E-state index >= 15 is 0 Å². The third kappa shape index (κ3) is 5.89. The van der Waals surface area contributed by atoms with E-state index in [2.05, 4.69) is 29.2 Å². The molecule has 0 unspecified atom stereocenters. The Balaban J connectivity index is 1.62. The fourth-order valence-corrected chi connectivity index (χ4v) is 5.11. The van der Waals surface area contributed by atoms with Crippen molar-refractivity contribution < 1.29 is 13.3 Å². The van der Waals surface area contributed by atoms with Crippen molar-refractivity contribution >= 4 is 19.6 Å². The van der Waals surface area contributed by atoms with Gasteiger partial charge in [0.05, 0.1) is 0 Å². The Labute approximate surface area is 152 Å². The van der Waals surface area contributed by atoms with Gasteiger partial charge >= 0.3 is 8.80 Å². The van der Waals surface area contributed by atoms with Gasteiger partial charge in [0.2, 0.25) is 0 Å². The Morgan fingerprint density at radius 2 is 1.52 bits per heavy atom. The lowest BCUT2D eigenvalue weighted by Crippen LogP contribution is -2.42. The maximum atomic E-state index is 5.45. The Kier molecular flexibility index (Phi) is 8.55. The number of pyridine rings is 1. The van der Waals surface area contributed by atoms with Gasteiger partial charge in [-0.15, -0.1) is 0 Å². The molecular weight excluding hydrogens is 330 g/mol. The Morgan fingerprint density at radius 1 is 0.840 bits per heavy atom. The van der Waals surface area contributed by atoms with Crippen LogP contribution in [0.25, 0.3) is 10.8 Å². The molecule has 1 aromatic carbocycles. The monoisotopic (exact) mass is 361 g/mol. The summed E-state index contributed by atoms with van der Waals surface area (Å²) in [5.74, 6) is 0. The predicted octanol–water partition coefficient (Wildman–Crippen LogP) is 5.00. The molecule has 0 aliphatic rings. The first kappa shape index (κ1) is 20.0. The summed E-state index contributed by atoms with van der Waals surface area (Å²) in [4.78, 5) is 4.27. The molecule has 4 nitrogen and oxygen atoms in total. The summed E-state index contributed by atoms with van der Waals surface area (Å²) in [7, 11) is 2.68. The minimum atomic E-state index is -2.37. The van der Waals surface area contributed by atoms with Crippen LogP contribution >= 0.6 is 0 Å². The topological polar surface area (TPSA) is 40.6 Å². The van der Waals surface area contributed by atoms with Gasteiger partial charge in [0.25, 0.3) is 0 Å². The number of aromatic nitrogens is 1. The van der Waals surface area contributed by atoms with Gasteiger partial charge in [-0.1, -0.05) is 43.9 Å². The maximum Gasteiger partial charge on any atom is 0.500 e. The molecule has 1 aromatic heterocycles. The molecule has 2 aromatic rings. The average molecular weight is 362 g/mol. The van der Waals surface area contributed by atoms with Crippen LogP contribution in [0, 0.1) is 0 Å². The molecule has 2 rings (SSSR count). The second kappa shape index (κ2) is 10.7. The summed E-state index contributed by atoms with van der Waals surface area (Å²) in [6.07, 6.45) is 12.4. The first-order chi connectivity index (χ1) is 12.2. The molecule has 0 spiro atoms. The van der Waals surface area contributed by atoms with Gasteiger partial charge in [0.1, 0.15) is 0 Å². The number of aryl methyl sites for hydroxylation is 1. The van der Waals surface area contributed by atoms with Crippen LogP contribution < -0.4 is 0 Å². The second-order valence-electron chi connectivity index (χ2n) is 6.43. The zero-order valence-electron chi connectivity index (χ0n) is 15.8. The lowest BCUT2D eigenvalue weighted by molar-refractivity contribution is 0.122. The highest BCUT2D eigenvalue weighted by molar-refractivity contribution is 6.60. The molecule has 5 heteroatoms. The van der Waals surface area contributed by atoms with Crippen LogP contribution in [-0.4, -0.2) is 35.1 Å². The van der Waals surface area contributed by atoms with E-state index in [1.54, 1.807) is 21.3 Å². The van der Waals surface area contributed by atoms with E-state index in [1.807, 2.05) is 12.4 Å². The molecule has 0 saturated heterocycles. The lowest BCUT2D eigenvalue weighted by Gasteiger charge is -2.24.